The van der Waals surface area contributed by atoms with E-state index in [-0.39, 0.29) is 24.8 Å². The normalized spacial score (nSPS) is 8.09. The molecule has 0 heterocycles. The van der Waals surface area contributed by atoms with Crippen LogP contribution in [0.1, 0.15) is 6.92 Å². The van der Waals surface area contributed by atoms with Crippen LogP contribution in [0.5, 0.6) is 0 Å². The standard InChI is InChI=1S/C8H9NO.Li/c1-7(10)9-8-5-3-2-4-6-8;/h2-6H,1H3,(H,9,10);. The third-order valence-electron chi connectivity index (χ3n) is 1.09. The van der Waals surface area contributed by atoms with Gasteiger partial charge in [0.05, 0.1) is 0 Å². The minimum Gasteiger partial charge on any atom is -0.326 e. The van der Waals surface area contributed by atoms with Crippen LogP contribution in [0.2, 0.25) is 0 Å². The molecule has 1 rings (SSSR count). The molecule has 0 fully saturated rings. The molecule has 1 aromatic carbocycles. The van der Waals surface area contributed by atoms with Crippen molar-refractivity contribution in [2.45, 2.75) is 6.92 Å². The fourth-order valence-corrected chi connectivity index (χ4v) is 0.725. The van der Waals surface area contributed by atoms with Gasteiger partial charge in [0.15, 0.2) is 0 Å². The van der Waals surface area contributed by atoms with Gasteiger partial charge >= 0.3 is 0 Å². The van der Waals surface area contributed by atoms with E-state index in [1.165, 1.54) is 6.92 Å². The third-order valence-corrected chi connectivity index (χ3v) is 1.09. The second-order valence-corrected chi connectivity index (χ2v) is 2.05. The number of anilines is 1. The molecule has 0 aliphatic rings. The van der Waals surface area contributed by atoms with Gasteiger partial charge in [-0.1, -0.05) is 18.2 Å². The smallest absolute Gasteiger partial charge is 0.221 e. The maximum absolute atomic E-state index is 10.5. The molecule has 53 valence electrons. The van der Waals surface area contributed by atoms with Gasteiger partial charge in [0.1, 0.15) is 0 Å². The van der Waals surface area contributed by atoms with Crippen molar-refractivity contribution in [2.24, 2.45) is 0 Å². The average Bonchev–Trinajstić information content (AvgIpc) is 1.88. The third kappa shape index (κ3) is 3.87. The Bertz CT molecular complexity index is 223. The summed E-state index contributed by atoms with van der Waals surface area (Å²) in [6, 6.07) is 9.37. The summed E-state index contributed by atoms with van der Waals surface area (Å²) in [5.41, 5.74) is 0.843. The summed E-state index contributed by atoms with van der Waals surface area (Å²) in [5.74, 6) is -0.0359. The summed E-state index contributed by atoms with van der Waals surface area (Å²) in [6.07, 6.45) is 0. The topological polar surface area (TPSA) is 29.1 Å². The number of hydrogen-bond acceptors (Lipinski definition) is 1. The number of benzene rings is 1. The first kappa shape index (κ1) is 10.3. The predicted molar refractivity (Wildman–Crippen MR) is 46.5 cm³/mol. The summed E-state index contributed by atoms with van der Waals surface area (Å²) >= 11 is 0. The van der Waals surface area contributed by atoms with Gasteiger partial charge in [-0.05, 0) is 12.1 Å². The Morgan fingerprint density at radius 2 is 1.82 bits per heavy atom. The van der Waals surface area contributed by atoms with Gasteiger partial charge in [-0.3, -0.25) is 4.79 Å². The molecule has 3 heteroatoms. The number of carbonyl (C=O) groups is 1. The molecule has 0 spiro atoms. The Hall–Kier alpha value is -0.713. The monoisotopic (exact) mass is 142 g/mol. The zero-order valence-corrected chi connectivity index (χ0v) is 6.79. The maximum Gasteiger partial charge on any atom is 0.221 e. The fourth-order valence-electron chi connectivity index (χ4n) is 0.725. The van der Waals surface area contributed by atoms with Crippen LogP contribution in [0, 0.1) is 0 Å². The van der Waals surface area contributed by atoms with Gasteiger partial charge in [-0.15, -0.1) is 0 Å². The van der Waals surface area contributed by atoms with Crippen molar-refractivity contribution in [3.05, 3.63) is 30.3 Å². The molecule has 0 atom stereocenters. The molecule has 1 amide bonds. The van der Waals surface area contributed by atoms with Crippen molar-refractivity contribution in [1.82, 2.24) is 0 Å². The quantitative estimate of drug-likeness (QED) is 0.587. The molecule has 2 nitrogen and oxygen atoms in total. The van der Waals surface area contributed by atoms with E-state index in [9.17, 15) is 4.79 Å². The number of rotatable bonds is 1. The van der Waals surface area contributed by atoms with Crippen LogP contribution in [-0.2, 0) is 4.79 Å². The number of para-hydroxylation sites is 1. The maximum atomic E-state index is 10.5. The zero-order valence-electron chi connectivity index (χ0n) is 6.79. The molecule has 0 aromatic heterocycles. The van der Waals surface area contributed by atoms with Gasteiger partial charge < -0.3 is 5.32 Å². The van der Waals surface area contributed by atoms with Crippen LogP contribution >= 0.6 is 0 Å². The molecule has 0 aliphatic carbocycles. The minimum atomic E-state index is -0.0359. The Morgan fingerprint density at radius 3 is 2.27 bits per heavy atom. The molecular formula is C8H9LiNO. The molecule has 1 aromatic rings. The molecular weight excluding hydrogens is 133 g/mol. The van der Waals surface area contributed by atoms with Crippen molar-refractivity contribution in [2.75, 3.05) is 5.32 Å². The van der Waals surface area contributed by atoms with Crippen molar-refractivity contribution >= 4 is 30.5 Å². The Balaban J connectivity index is 0.000001000. The number of carbonyl (C=O) groups excluding carboxylic acids is 1. The van der Waals surface area contributed by atoms with Crippen molar-refractivity contribution in [3.8, 4) is 0 Å². The first-order valence-corrected chi connectivity index (χ1v) is 3.11. The van der Waals surface area contributed by atoms with Crippen LogP contribution in [-0.4, -0.2) is 24.8 Å². The summed E-state index contributed by atoms with van der Waals surface area (Å²) in [5, 5.41) is 2.67. The summed E-state index contributed by atoms with van der Waals surface area (Å²) in [4.78, 5) is 10.5. The number of hydrogen-bond donors (Lipinski definition) is 1. The predicted octanol–water partition coefficient (Wildman–Crippen LogP) is 1.26. The van der Waals surface area contributed by atoms with Crippen LogP contribution < -0.4 is 5.32 Å². The van der Waals surface area contributed by atoms with E-state index in [4.69, 9.17) is 0 Å². The Labute approximate surface area is 78.2 Å². The molecule has 11 heavy (non-hydrogen) atoms. The van der Waals surface area contributed by atoms with Crippen LogP contribution in [0.15, 0.2) is 30.3 Å². The number of nitrogens with one attached hydrogen (secondary N) is 1. The second-order valence-electron chi connectivity index (χ2n) is 2.05. The van der Waals surface area contributed by atoms with E-state index in [2.05, 4.69) is 5.32 Å². The van der Waals surface area contributed by atoms with E-state index >= 15 is 0 Å². The molecule has 0 unspecified atom stereocenters. The second kappa shape index (κ2) is 5.01. The zero-order chi connectivity index (χ0) is 7.40. The first-order valence-electron chi connectivity index (χ1n) is 3.11. The van der Waals surface area contributed by atoms with Gasteiger partial charge in [-0.25, -0.2) is 0 Å². The van der Waals surface area contributed by atoms with E-state index in [1.807, 2.05) is 30.3 Å². The first-order chi connectivity index (χ1) is 4.79. The Kier molecular flexibility index (Phi) is 4.68. The number of amides is 1. The molecule has 1 N–H and O–H groups in total. The molecule has 0 aliphatic heterocycles. The van der Waals surface area contributed by atoms with Gasteiger partial charge in [0.2, 0.25) is 5.91 Å². The van der Waals surface area contributed by atoms with Crippen LogP contribution in [0.4, 0.5) is 5.69 Å². The van der Waals surface area contributed by atoms with Crippen molar-refractivity contribution < 1.29 is 4.79 Å². The SMILES string of the molecule is CC(=O)Nc1ccccc1.[Li]. The van der Waals surface area contributed by atoms with Gasteiger partial charge in [0, 0.05) is 31.5 Å². The molecule has 0 saturated heterocycles. The molecule has 1 radical (unpaired) electrons. The van der Waals surface area contributed by atoms with Crippen LogP contribution in [0.25, 0.3) is 0 Å². The summed E-state index contributed by atoms with van der Waals surface area (Å²) in [6.45, 7) is 1.49. The Morgan fingerprint density at radius 1 is 1.27 bits per heavy atom. The van der Waals surface area contributed by atoms with E-state index < -0.39 is 0 Å². The van der Waals surface area contributed by atoms with Crippen molar-refractivity contribution in [3.63, 3.8) is 0 Å². The molecule has 0 bridgehead atoms. The fraction of sp³-hybridized carbons (Fsp3) is 0.125. The van der Waals surface area contributed by atoms with E-state index in [0.717, 1.165) is 5.69 Å². The molecule has 0 saturated carbocycles. The van der Waals surface area contributed by atoms with Gasteiger partial charge in [0.25, 0.3) is 0 Å². The van der Waals surface area contributed by atoms with E-state index in [1.54, 1.807) is 0 Å². The van der Waals surface area contributed by atoms with Crippen molar-refractivity contribution in [1.29, 1.82) is 0 Å². The van der Waals surface area contributed by atoms with E-state index in [0.29, 0.717) is 0 Å². The van der Waals surface area contributed by atoms with Gasteiger partial charge in [-0.2, -0.15) is 0 Å². The van der Waals surface area contributed by atoms with Crippen LogP contribution in [0.3, 0.4) is 0 Å². The largest absolute Gasteiger partial charge is 0.326 e. The summed E-state index contributed by atoms with van der Waals surface area (Å²) in [7, 11) is 0. The minimum absolute atomic E-state index is 0. The average molecular weight is 142 g/mol. The summed E-state index contributed by atoms with van der Waals surface area (Å²) < 4.78 is 0.